The number of nitrogens with one attached hydrogen (secondary N) is 1. The molecule has 0 aliphatic heterocycles. The summed E-state index contributed by atoms with van der Waals surface area (Å²) in [5, 5.41) is 2.72. The second kappa shape index (κ2) is 9.59. The fraction of sp³-hybridized carbons (Fsp3) is 0.500. The van der Waals surface area contributed by atoms with E-state index in [0.717, 1.165) is 0 Å². The minimum Gasteiger partial charge on any atom is -0.462 e. The zero-order valence-electron chi connectivity index (χ0n) is 15.6. The van der Waals surface area contributed by atoms with Gasteiger partial charge in [-0.3, -0.25) is 9.88 Å². The first-order valence-electron chi connectivity index (χ1n) is 8.47. The molecule has 11 heteroatoms. The minimum atomic E-state index is -2.34. The Balaban J connectivity index is 1.89. The van der Waals surface area contributed by atoms with Crippen molar-refractivity contribution in [2.75, 3.05) is 12.1 Å². The molecule has 0 aromatic carbocycles. The molecule has 2 rings (SSSR count). The van der Waals surface area contributed by atoms with E-state index in [1.54, 1.807) is 37.7 Å². The molecule has 10 nitrogen and oxygen atoms in total. The van der Waals surface area contributed by atoms with Crippen LogP contribution in [-0.2, 0) is 25.4 Å². The molecule has 2 aromatic heterocycles. The van der Waals surface area contributed by atoms with Gasteiger partial charge in [0, 0.05) is 0 Å². The van der Waals surface area contributed by atoms with Gasteiger partial charge in [0.15, 0.2) is 19.4 Å². The third-order valence-corrected chi connectivity index (χ3v) is 4.76. The van der Waals surface area contributed by atoms with Gasteiger partial charge in [0.25, 0.3) is 0 Å². The molecule has 27 heavy (non-hydrogen) atoms. The number of nitrogens with zero attached hydrogens (tertiary/aromatic N) is 4. The van der Waals surface area contributed by atoms with E-state index >= 15 is 0 Å². The molecule has 2 heterocycles. The molecule has 0 aliphatic carbocycles. The first kappa shape index (κ1) is 21.0. The van der Waals surface area contributed by atoms with Crippen molar-refractivity contribution in [1.82, 2.24) is 24.6 Å². The van der Waals surface area contributed by atoms with E-state index in [9.17, 15) is 9.36 Å². The zero-order valence-corrected chi connectivity index (χ0v) is 16.6. The monoisotopic (exact) mass is 396 g/mol. The van der Waals surface area contributed by atoms with E-state index in [4.69, 9.17) is 15.2 Å². The van der Waals surface area contributed by atoms with Crippen molar-refractivity contribution in [2.24, 2.45) is 0 Å². The smallest absolute Gasteiger partial charge is 0.323 e. The number of fused-ring (bicyclic) bond motifs is 1. The number of carbonyl (C=O) groups excluding carboxylic acids is 1. The van der Waals surface area contributed by atoms with E-state index in [1.165, 1.54) is 6.33 Å². The first-order chi connectivity index (χ1) is 12.8. The lowest BCUT2D eigenvalue weighted by Crippen LogP contribution is -2.33. The van der Waals surface area contributed by atoms with Gasteiger partial charge in [0.1, 0.15) is 24.2 Å². The molecule has 148 valence electrons. The number of hydrogen-bond acceptors (Lipinski definition) is 8. The molecule has 2 aromatic rings. The average molecular weight is 396 g/mol. The number of ether oxygens (including phenoxy) is 2. The van der Waals surface area contributed by atoms with E-state index < -0.39 is 26.1 Å². The fourth-order valence-corrected chi connectivity index (χ4v) is 3.33. The predicted octanol–water partition coefficient (Wildman–Crippen LogP) is 1.34. The lowest BCUT2D eigenvalue weighted by molar-refractivity contribution is -0.148. The summed E-state index contributed by atoms with van der Waals surface area (Å²) in [7, 11) is -2.34. The molecule has 1 unspecified atom stereocenters. The third kappa shape index (κ3) is 5.85. The molecule has 0 bridgehead atoms. The SMILES string of the molecule is C=C[C@H](Cn1cnc2c(N)ncnc21)OC[PH](=O)N[C@@H](C)C(=O)OC(C)C. The van der Waals surface area contributed by atoms with Gasteiger partial charge in [-0.2, -0.15) is 0 Å². The molecule has 0 saturated heterocycles. The molecule has 3 N–H and O–H groups in total. The molecule has 0 radical (unpaired) electrons. The van der Waals surface area contributed by atoms with Crippen LogP contribution >= 0.6 is 7.95 Å². The van der Waals surface area contributed by atoms with Crippen LogP contribution in [0.15, 0.2) is 25.3 Å². The maximum atomic E-state index is 12.2. The van der Waals surface area contributed by atoms with Crippen molar-refractivity contribution >= 4 is 30.9 Å². The number of nitrogen functional groups attached to an aromatic ring is 1. The number of imidazole rings is 1. The van der Waals surface area contributed by atoms with Gasteiger partial charge in [0.2, 0.25) is 0 Å². The maximum Gasteiger partial charge on any atom is 0.323 e. The summed E-state index contributed by atoms with van der Waals surface area (Å²) in [6, 6.07) is -0.679. The summed E-state index contributed by atoms with van der Waals surface area (Å²) in [6.07, 6.45) is 3.84. The highest BCUT2D eigenvalue weighted by molar-refractivity contribution is 7.42. The topological polar surface area (TPSA) is 134 Å². The van der Waals surface area contributed by atoms with Crippen LogP contribution in [0.25, 0.3) is 11.2 Å². The minimum absolute atomic E-state index is 0.0512. The summed E-state index contributed by atoms with van der Waals surface area (Å²) in [6.45, 7) is 9.21. The van der Waals surface area contributed by atoms with E-state index in [0.29, 0.717) is 23.5 Å². The summed E-state index contributed by atoms with van der Waals surface area (Å²) in [5.74, 6) is -0.155. The Morgan fingerprint density at radius 2 is 2.15 bits per heavy atom. The largest absolute Gasteiger partial charge is 0.462 e. The molecule has 0 aliphatic rings. The summed E-state index contributed by atoms with van der Waals surface area (Å²) in [5.41, 5.74) is 6.86. The Hall–Kier alpha value is -2.29. The van der Waals surface area contributed by atoms with Gasteiger partial charge in [0.05, 0.1) is 25.1 Å². The van der Waals surface area contributed by atoms with Crippen LogP contribution < -0.4 is 10.8 Å². The Labute approximate surface area is 158 Å². The highest BCUT2D eigenvalue weighted by Crippen LogP contribution is 2.19. The zero-order chi connectivity index (χ0) is 20.0. The number of anilines is 1. The fourth-order valence-electron chi connectivity index (χ4n) is 2.28. The molecule has 0 saturated carbocycles. The molecular weight excluding hydrogens is 371 g/mol. The molecule has 3 atom stereocenters. The number of nitrogens with two attached hydrogens (primary N) is 1. The van der Waals surface area contributed by atoms with Crippen LogP contribution in [0.3, 0.4) is 0 Å². The standard InChI is InChI=1S/C16H25N6O4P/c1-5-12(6-22-8-20-13-14(17)18-7-19-15(13)22)25-9-27(24)21-11(4)16(23)26-10(2)3/h5,7-8,10-12,27H,1,6,9H2,2-4H3,(H,21,24)(H2,17,18,19)/t11-,12+/m0/s1. The van der Waals surface area contributed by atoms with Gasteiger partial charge >= 0.3 is 5.97 Å². The van der Waals surface area contributed by atoms with Crippen molar-refractivity contribution < 1.29 is 18.8 Å². The predicted molar refractivity (Wildman–Crippen MR) is 102 cm³/mol. The second-order valence-corrected chi connectivity index (χ2v) is 7.61. The van der Waals surface area contributed by atoms with E-state index in [-0.39, 0.29) is 12.5 Å². The highest BCUT2D eigenvalue weighted by atomic mass is 31.1. The van der Waals surface area contributed by atoms with Gasteiger partial charge < -0.3 is 24.3 Å². The molecular formula is C16H25N6O4P. The normalized spacial score (nSPS) is 14.8. The summed E-state index contributed by atoms with van der Waals surface area (Å²) in [4.78, 5) is 24.0. The van der Waals surface area contributed by atoms with Crippen LogP contribution in [0.5, 0.6) is 0 Å². The lowest BCUT2D eigenvalue weighted by atomic mass is 10.3. The quantitative estimate of drug-likeness (QED) is 0.346. The number of carbonyl (C=O) groups is 1. The Bertz CT molecular complexity index is 824. The number of hydrogen-bond donors (Lipinski definition) is 2. The van der Waals surface area contributed by atoms with Crippen molar-refractivity contribution in [3.63, 3.8) is 0 Å². The number of rotatable bonds is 10. The van der Waals surface area contributed by atoms with Crippen molar-refractivity contribution in [1.29, 1.82) is 0 Å². The second-order valence-electron chi connectivity index (χ2n) is 6.19. The Kier molecular flexibility index (Phi) is 7.46. The maximum absolute atomic E-state index is 12.2. The van der Waals surface area contributed by atoms with Crippen molar-refractivity contribution in [2.45, 2.75) is 45.6 Å². The van der Waals surface area contributed by atoms with Crippen LogP contribution in [-0.4, -0.2) is 50.1 Å². The van der Waals surface area contributed by atoms with Gasteiger partial charge in [-0.15, -0.1) is 6.58 Å². The van der Waals surface area contributed by atoms with Crippen LogP contribution in [0, 0.1) is 0 Å². The van der Waals surface area contributed by atoms with Gasteiger partial charge in [-0.25, -0.2) is 15.0 Å². The van der Waals surface area contributed by atoms with Gasteiger partial charge in [-0.1, -0.05) is 6.08 Å². The van der Waals surface area contributed by atoms with Crippen LogP contribution in [0.1, 0.15) is 20.8 Å². The van der Waals surface area contributed by atoms with Crippen molar-refractivity contribution in [3.05, 3.63) is 25.3 Å². The third-order valence-electron chi connectivity index (χ3n) is 3.58. The molecule has 0 amide bonds. The van der Waals surface area contributed by atoms with Crippen molar-refractivity contribution in [3.8, 4) is 0 Å². The molecule has 0 spiro atoms. The van der Waals surface area contributed by atoms with E-state index in [1.807, 2.05) is 0 Å². The Morgan fingerprint density at radius 3 is 2.81 bits per heavy atom. The number of aromatic nitrogens is 4. The molecule has 0 fully saturated rings. The van der Waals surface area contributed by atoms with E-state index in [2.05, 4.69) is 26.6 Å². The van der Waals surface area contributed by atoms with Gasteiger partial charge in [-0.05, 0) is 20.8 Å². The average Bonchev–Trinajstić information content (AvgIpc) is 3.02. The highest BCUT2D eigenvalue weighted by Gasteiger charge is 2.18. The number of esters is 1. The summed E-state index contributed by atoms with van der Waals surface area (Å²) >= 11 is 0. The van der Waals surface area contributed by atoms with Crippen LogP contribution in [0.4, 0.5) is 5.82 Å². The Morgan fingerprint density at radius 1 is 1.41 bits per heavy atom. The van der Waals surface area contributed by atoms with Crippen LogP contribution in [0.2, 0.25) is 0 Å². The lowest BCUT2D eigenvalue weighted by Gasteiger charge is -2.17. The first-order valence-corrected chi connectivity index (χ1v) is 10.1. The summed E-state index contributed by atoms with van der Waals surface area (Å²) < 4.78 is 24.6.